The average molecular weight is 526 g/mol. The largest absolute Gasteiger partial charge is 0.476 e. The van der Waals surface area contributed by atoms with Crippen LogP contribution in [0.25, 0.3) is 0 Å². The van der Waals surface area contributed by atoms with E-state index >= 15 is 0 Å². The van der Waals surface area contributed by atoms with Crippen LogP contribution in [0.5, 0.6) is 0 Å². The highest BCUT2D eigenvalue weighted by atomic mass is 32.2. The summed E-state index contributed by atoms with van der Waals surface area (Å²) in [4.78, 5) is 33.1. The van der Waals surface area contributed by atoms with Crippen molar-refractivity contribution in [2.24, 2.45) is 0 Å². The molecular formula is C23H28FN3O4S3. The summed E-state index contributed by atoms with van der Waals surface area (Å²) in [6, 6.07) is 2.96. The Morgan fingerprint density at radius 3 is 2.94 bits per heavy atom. The Labute approximate surface area is 210 Å². The van der Waals surface area contributed by atoms with Crippen molar-refractivity contribution in [3.63, 3.8) is 0 Å². The number of carboxylic acids is 1. The smallest absolute Gasteiger partial charge is 0.355 e. The molecule has 0 aromatic carbocycles. The number of unbranched alkanes of at least 4 members (excludes halogenated alkanes) is 2. The third-order valence-corrected chi connectivity index (χ3v) is 8.37. The van der Waals surface area contributed by atoms with Crippen molar-refractivity contribution in [2.45, 2.75) is 60.0 Å². The van der Waals surface area contributed by atoms with Crippen LogP contribution in [0.2, 0.25) is 0 Å². The van der Waals surface area contributed by atoms with E-state index in [9.17, 15) is 19.1 Å². The number of nitrogens with zero attached hydrogens (tertiary/aromatic N) is 3. The molecule has 2 N–H and O–H groups in total. The van der Waals surface area contributed by atoms with Gasteiger partial charge in [-0.2, -0.15) is 0 Å². The van der Waals surface area contributed by atoms with E-state index in [-0.39, 0.29) is 23.5 Å². The van der Waals surface area contributed by atoms with Crippen molar-refractivity contribution in [2.75, 3.05) is 18.1 Å². The summed E-state index contributed by atoms with van der Waals surface area (Å²) in [7, 11) is 0. The predicted molar refractivity (Wildman–Crippen MR) is 133 cm³/mol. The predicted octanol–water partition coefficient (Wildman–Crippen LogP) is 4.73. The molecule has 0 aliphatic carbocycles. The number of thioether (sulfide) groups is 2. The zero-order valence-electron chi connectivity index (χ0n) is 18.6. The first kappa shape index (κ1) is 26.7. The summed E-state index contributed by atoms with van der Waals surface area (Å²) in [6.07, 6.45) is 9.33. The van der Waals surface area contributed by atoms with Crippen LogP contribution < -0.4 is 0 Å². The Morgan fingerprint density at radius 1 is 1.32 bits per heavy atom. The van der Waals surface area contributed by atoms with E-state index in [1.807, 2.05) is 11.0 Å². The fraction of sp³-hybridized carbons (Fsp3) is 0.478. The van der Waals surface area contributed by atoms with Gasteiger partial charge in [0.1, 0.15) is 5.03 Å². The molecule has 3 heterocycles. The maximum Gasteiger partial charge on any atom is 0.355 e. The third-order valence-electron chi connectivity index (χ3n) is 5.30. The van der Waals surface area contributed by atoms with E-state index < -0.39 is 12.1 Å². The van der Waals surface area contributed by atoms with Gasteiger partial charge in [-0.15, -0.1) is 23.1 Å². The first-order valence-corrected chi connectivity index (χ1v) is 14.0. The number of halogens is 1. The molecule has 2 aromatic rings. The lowest BCUT2D eigenvalue weighted by Crippen LogP contribution is -2.33. The van der Waals surface area contributed by atoms with Crippen LogP contribution in [0, 0.1) is 5.82 Å². The van der Waals surface area contributed by atoms with Crippen molar-refractivity contribution in [1.82, 2.24) is 14.9 Å². The third kappa shape index (κ3) is 8.37. The molecule has 0 spiro atoms. The van der Waals surface area contributed by atoms with Gasteiger partial charge in [-0.3, -0.25) is 4.79 Å². The molecule has 34 heavy (non-hydrogen) atoms. The number of carbonyl (C=O) groups is 2. The van der Waals surface area contributed by atoms with Gasteiger partial charge < -0.3 is 15.1 Å². The lowest BCUT2D eigenvalue weighted by atomic mass is 10.1. The highest BCUT2D eigenvalue weighted by molar-refractivity contribution is 8.01. The monoisotopic (exact) mass is 525 g/mol. The van der Waals surface area contributed by atoms with Crippen molar-refractivity contribution in [3.05, 3.63) is 47.4 Å². The lowest BCUT2D eigenvalue weighted by Gasteiger charge is -2.22. The number of aliphatic hydroxyl groups excluding tert-OH is 1. The van der Waals surface area contributed by atoms with Gasteiger partial charge >= 0.3 is 5.97 Å². The number of carboxylic acid groups (broad SMARTS) is 1. The average Bonchev–Trinajstić information content (AvgIpc) is 3.43. The van der Waals surface area contributed by atoms with Crippen LogP contribution in [-0.4, -0.2) is 67.2 Å². The van der Waals surface area contributed by atoms with Gasteiger partial charge in [0.25, 0.3) is 0 Å². The summed E-state index contributed by atoms with van der Waals surface area (Å²) in [6.45, 7) is 0.547. The molecule has 0 radical (unpaired) electrons. The van der Waals surface area contributed by atoms with Gasteiger partial charge in [0.2, 0.25) is 5.91 Å². The number of hydrogen-bond donors (Lipinski definition) is 2. The molecule has 1 saturated heterocycles. The molecule has 0 unspecified atom stereocenters. The fourth-order valence-electron chi connectivity index (χ4n) is 3.53. The molecule has 11 heteroatoms. The van der Waals surface area contributed by atoms with Crippen molar-refractivity contribution in [1.29, 1.82) is 0 Å². The SMILES string of the molecule is O=C(O)c1csc(SCCN2C(=O)CC[C@@H]2/C=C/[C@@H](O)CCCCCSc2ncccc2F)n1. The highest BCUT2D eigenvalue weighted by Gasteiger charge is 2.28. The van der Waals surface area contributed by atoms with E-state index in [1.54, 1.807) is 18.3 Å². The van der Waals surface area contributed by atoms with Crippen LogP contribution in [0.4, 0.5) is 4.39 Å². The number of pyridine rings is 1. The summed E-state index contributed by atoms with van der Waals surface area (Å²) in [5, 5.41) is 21.2. The number of likely N-dealkylation sites (tertiary alicyclic amines) is 1. The summed E-state index contributed by atoms with van der Waals surface area (Å²) in [5.41, 5.74) is 0.0420. The summed E-state index contributed by atoms with van der Waals surface area (Å²) < 4.78 is 14.2. The Balaban J connectivity index is 1.32. The van der Waals surface area contributed by atoms with E-state index in [0.717, 1.165) is 31.4 Å². The first-order valence-electron chi connectivity index (χ1n) is 11.1. The highest BCUT2D eigenvalue weighted by Crippen LogP contribution is 2.26. The molecule has 1 fully saturated rings. The maximum atomic E-state index is 13.5. The minimum Gasteiger partial charge on any atom is -0.476 e. The summed E-state index contributed by atoms with van der Waals surface area (Å²) >= 11 is 4.14. The maximum absolute atomic E-state index is 13.5. The van der Waals surface area contributed by atoms with Gasteiger partial charge in [0, 0.05) is 30.3 Å². The molecule has 2 atom stereocenters. The van der Waals surface area contributed by atoms with Gasteiger partial charge in [0.15, 0.2) is 15.9 Å². The van der Waals surface area contributed by atoms with Crippen LogP contribution >= 0.6 is 34.9 Å². The molecule has 184 valence electrons. The number of aromatic nitrogens is 2. The minimum absolute atomic E-state index is 0.0294. The number of aliphatic hydroxyl groups is 1. The van der Waals surface area contributed by atoms with Gasteiger partial charge in [-0.1, -0.05) is 36.8 Å². The number of hydrogen-bond acceptors (Lipinski definition) is 8. The zero-order chi connectivity index (χ0) is 24.3. The number of thiazole rings is 1. The quantitative estimate of drug-likeness (QED) is 0.207. The minimum atomic E-state index is -1.04. The van der Waals surface area contributed by atoms with Crippen LogP contribution in [-0.2, 0) is 4.79 Å². The van der Waals surface area contributed by atoms with Crippen LogP contribution in [0.1, 0.15) is 49.0 Å². The zero-order valence-corrected chi connectivity index (χ0v) is 21.1. The Morgan fingerprint density at radius 2 is 2.18 bits per heavy atom. The molecule has 0 bridgehead atoms. The van der Waals surface area contributed by atoms with Gasteiger partial charge in [-0.25, -0.2) is 19.2 Å². The van der Waals surface area contributed by atoms with Crippen molar-refractivity contribution >= 4 is 46.7 Å². The summed E-state index contributed by atoms with van der Waals surface area (Å²) in [5.74, 6) is 0.181. The second-order valence-corrected chi connectivity index (χ2v) is 11.1. The first-order chi connectivity index (χ1) is 16.4. The lowest BCUT2D eigenvalue weighted by molar-refractivity contribution is -0.128. The number of carbonyl (C=O) groups excluding carboxylic acids is 1. The molecule has 7 nitrogen and oxygen atoms in total. The standard InChI is InChI=1S/C23H28FN3O4S3/c24-18-6-4-11-25-21(18)32-13-3-1-2-5-17(28)9-7-16-8-10-20(29)27(16)12-14-33-23-26-19(15-34-23)22(30)31/h4,6-7,9,11,15-17,28H,1-3,5,8,10,12-14H2,(H,30,31)/b9-7+/t16-,17-/m0/s1. The topological polar surface area (TPSA) is 104 Å². The normalized spacial score (nSPS) is 17.1. The van der Waals surface area contributed by atoms with Crippen molar-refractivity contribution in [3.8, 4) is 0 Å². The molecular weight excluding hydrogens is 497 g/mol. The van der Waals surface area contributed by atoms with E-state index in [0.29, 0.717) is 34.5 Å². The Hall–Kier alpha value is -1.95. The number of aromatic carboxylic acids is 1. The molecule has 0 saturated carbocycles. The molecule has 2 aromatic heterocycles. The van der Waals surface area contributed by atoms with E-state index in [4.69, 9.17) is 5.11 Å². The van der Waals surface area contributed by atoms with Gasteiger partial charge in [0.05, 0.1) is 12.1 Å². The second-order valence-electron chi connectivity index (χ2n) is 7.79. The van der Waals surface area contributed by atoms with E-state index in [2.05, 4.69) is 9.97 Å². The number of amides is 1. The second kappa shape index (κ2) is 13.8. The molecule has 1 aliphatic rings. The van der Waals surface area contributed by atoms with Crippen LogP contribution in [0.15, 0.2) is 45.2 Å². The molecule has 1 amide bonds. The molecule has 3 rings (SSSR count). The fourth-order valence-corrected chi connectivity index (χ4v) is 6.22. The Kier molecular flexibility index (Phi) is 10.8. The van der Waals surface area contributed by atoms with E-state index in [1.165, 1.54) is 46.3 Å². The van der Waals surface area contributed by atoms with Crippen LogP contribution in [0.3, 0.4) is 0 Å². The van der Waals surface area contributed by atoms with Crippen molar-refractivity contribution < 1.29 is 24.2 Å². The Bertz CT molecular complexity index is 988. The molecule has 1 aliphatic heterocycles. The number of rotatable bonds is 14. The van der Waals surface area contributed by atoms with Gasteiger partial charge in [-0.05, 0) is 37.1 Å².